The van der Waals surface area contributed by atoms with Gasteiger partial charge in [0.1, 0.15) is 11.3 Å². The summed E-state index contributed by atoms with van der Waals surface area (Å²) in [4.78, 5) is 11.6. The predicted octanol–water partition coefficient (Wildman–Crippen LogP) is 3.91. The molecule has 0 bridgehead atoms. The van der Waals surface area contributed by atoms with E-state index in [9.17, 15) is 0 Å². The fourth-order valence-corrected chi connectivity index (χ4v) is 3.39. The monoisotopic (exact) mass is 327 g/mol. The molecule has 1 aliphatic rings. The second kappa shape index (κ2) is 5.81. The fourth-order valence-electron chi connectivity index (χ4n) is 3.16. The summed E-state index contributed by atoms with van der Waals surface area (Å²) < 4.78 is 0. The Morgan fingerprint density at radius 1 is 1.35 bits per heavy atom. The Bertz CT molecular complexity index is 844. The zero-order valence-electron chi connectivity index (χ0n) is 13.0. The van der Waals surface area contributed by atoms with Crippen LogP contribution in [0.25, 0.3) is 22.4 Å². The second-order valence-corrected chi connectivity index (χ2v) is 6.40. The van der Waals surface area contributed by atoms with Crippen LogP contribution in [0.15, 0.2) is 30.5 Å². The van der Waals surface area contributed by atoms with Crippen molar-refractivity contribution in [3.05, 3.63) is 35.5 Å². The molecule has 1 saturated heterocycles. The van der Waals surface area contributed by atoms with E-state index in [1.165, 1.54) is 12.8 Å². The fraction of sp³-hybridized carbons (Fsp3) is 0.353. The standard InChI is InChI=1S/C17H18ClN5/c1-2-11-7-8-23(10-11)14-9-19-16-15(21-22-17(16)20-14)12-5-3-4-6-13(12)18/h3-6,9,11H,2,7-8,10H2,1H3,(H,20,21,22). The molecule has 0 saturated carbocycles. The van der Waals surface area contributed by atoms with Gasteiger partial charge in [0.2, 0.25) is 5.65 Å². The number of halogens is 1. The smallest absolute Gasteiger partial charge is 0.202 e. The highest BCUT2D eigenvalue weighted by Crippen LogP contribution is 2.31. The van der Waals surface area contributed by atoms with Crippen LogP contribution in [0.3, 0.4) is 0 Å². The minimum atomic E-state index is 0.636. The highest BCUT2D eigenvalue weighted by atomic mass is 35.5. The molecule has 3 heterocycles. The molecule has 5 nitrogen and oxygen atoms in total. The molecular formula is C17H18ClN5. The first-order chi connectivity index (χ1) is 11.3. The Morgan fingerprint density at radius 3 is 3.00 bits per heavy atom. The van der Waals surface area contributed by atoms with Gasteiger partial charge in [0.15, 0.2) is 0 Å². The SMILES string of the molecule is CCC1CCN(c2cnc3c(-c4ccccc4Cl)[nH]nc3n2)C1. The van der Waals surface area contributed by atoms with Gasteiger partial charge in [-0.05, 0) is 18.4 Å². The third-order valence-electron chi connectivity index (χ3n) is 4.58. The molecule has 1 unspecified atom stereocenters. The highest BCUT2D eigenvalue weighted by molar-refractivity contribution is 6.33. The molecule has 0 amide bonds. The predicted molar refractivity (Wildman–Crippen MR) is 92.7 cm³/mol. The average Bonchev–Trinajstić information content (AvgIpc) is 3.21. The van der Waals surface area contributed by atoms with E-state index in [0.717, 1.165) is 41.6 Å². The first-order valence-corrected chi connectivity index (χ1v) is 8.35. The molecular weight excluding hydrogens is 310 g/mol. The van der Waals surface area contributed by atoms with Gasteiger partial charge in [-0.15, -0.1) is 0 Å². The molecule has 3 aromatic rings. The van der Waals surface area contributed by atoms with E-state index in [1.54, 1.807) is 0 Å². The number of aromatic nitrogens is 4. The third kappa shape index (κ3) is 2.55. The second-order valence-electron chi connectivity index (χ2n) is 5.99. The molecule has 23 heavy (non-hydrogen) atoms. The van der Waals surface area contributed by atoms with E-state index in [0.29, 0.717) is 10.7 Å². The Hall–Kier alpha value is -2.14. The Balaban J connectivity index is 1.71. The number of rotatable bonds is 3. The molecule has 1 atom stereocenters. The van der Waals surface area contributed by atoms with Gasteiger partial charge < -0.3 is 4.90 Å². The number of H-pyrrole nitrogens is 1. The molecule has 0 spiro atoms. The topological polar surface area (TPSA) is 57.7 Å². The maximum absolute atomic E-state index is 6.28. The quantitative estimate of drug-likeness (QED) is 0.792. The van der Waals surface area contributed by atoms with E-state index < -0.39 is 0 Å². The number of aromatic amines is 1. The Kier molecular flexibility index (Phi) is 3.65. The minimum Gasteiger partial charge on any atom is -0.355 e. The lowest BCUT2D eigenvalue weighted by atomic mass is 10.1. The van der Waals surface area contributed by atoms with Crippen LogP contribution in [0.2, 0.25) is 5.02 Å². The van der Waals surface area contributed by atoms with Crippen molar-refractivity contribution >= 4 is 28.6 Å². The summed E-state index contributed by atoms with van der Waals surface area (Å²) in [5, 5.41) is 8.03. The molecule has 1 N–H and O–H groups in total. The molecule has 1 aliphatic heterocycles. The summed E-state index contributed by atoms with van der Waals surface area (Å²) in [5.41, 5.74) is 3.11. The van der Waals surface area contributed by atoms with Crippen molar-refractivity contribution < 1.29 is 0 Å². The van der Waals surface area contributed by atoms with E-state index in [1.807, 2.05) is 30.5 Å². The zero-order valence-corrected chi connectivity index (χ0v) is 13.7. The number of hydrogen-bond donors (Lipinski definition) is 1. The van der Waals surface area contributed by atoms with Crippen LogP contribution in [0.1, 0.15) is 19.8 Å². The molecule has 1 aromatic carbocycles. The first-order valence-electron chi connectivity index (χ1n) is 7.97. The average molecular weight is 328 g/mol. The maximum Gasteiger partial charge on any atom is 0.202 e. The lowest BCUT2D eigenvalue weighted by Gasteiger charge is -2.16. The van der Waals surface area contributed by atoms with E-state index in [-0.39, 0.29) is 0 Å². The van der Waals surface area contributed by atoms with Gasteiger partial charge in [0.25, 0.3) is 0 Å². The van der Waals surface area contributed by atoms with Gasteiger partial charge in [-0.1, -0.05) is 43.1 Å². The number of nitrogens with zero attached hydrogens (tertiary/aromatic N) is 4. The number of anilines is 1. The molecule has 2 aromatic heterocycles. The van der Waals surface area contributed by atoms with Crippen molar-refractivity contribution in [3.63, 3.8) is 0 Å². The Morgan fingerprint density at radius 2 is 2.22 bits per heavy atom. The van der Waals surface area contributed by atoms with Gasteiger partial charge >= 0.3 is 0 Å². The van der Waals surface area contributed by atoms with Gasteiger partial charge in [0.05, 0.1) is 16.9 Å². The van der Waals surface area contributed by atoms with Crippen molar-refractivity contribution in [3.8, 4) is 11.3 Å². The maximum atomic E-state index is 6.28. The lowest BCUT2D eigenvalue weighted by Crippen LogP contribution is -2.20. The molecule has 1 fully saturated rings. The highest BCUT2D eigenvalue weighted by Gasteiger charge is 2.23. The van der Waals surface area contributed by atoms with E-state index >= 15 is 0 Å². The van der Waals surface area contributed by atoms with Crippen LogP contribution in [0.5, 0.6) is 0 Å². The zero-order chi connectivity index (χ0) is 15.8. The molecule has 6 heteroatoms. The normalized spacial score (nSPS) is 18.0. The molecule has 0 aliphatic carbocycles. The van der Waals surface area contributed by atoms with E-state index in [2.05, 4.69) is 32.0 Å². The van der Waals surface area contributed by atoms with Crippen molar-refractivity contribution in [1.82, 2.24) is 20.2 Å². The lowest BCUT2D eigenvalue weighted by molar-refractivity contribution is 0.568. The van der Waals surface area contributed by atoms with Crippen molar-refractivity contribution in [2.75, 3.05) is 18.0 Å². The van der Waals surface area contributed by atoms with Crippen LogP contribution in [-0.4, -0.2) is 33.3 Å². The van der Waals surface area contributed by atoms with Crippen LogP contribution in [0.4, 0.5) is 5.82 Å². The van der Waals surface area contributed by atoms with Gasteiger partial charge in [-0.3, -0.25) is 5.10 Å². The van der Waals surface area contributed by atoms with Crippen molar-refractivity contribution in [1.29, 1.82) is 0 Å². The van der Waals surface area contributed by atoms with Gasteiger partial charge in [-0.25, -0.2) is 9.97 Å². The summed E-state index contributed by atoms with van der Waals surface area (Å²) in [5.74, 6) is 1.66. The Labute approximate surface area is 139 Å². The van der Waals surface area contributed by atoms with Crippen LogP contribution < -0.4 is 4.90 Å². The largest absolute Gasteiger partial charge is 0.355 e. The minimum absolute atomic E-state index is 0.636. The number of nitrogens with one attached hydrogen (secondary N) is 1. The summed E-state index contributed by atoms with van der Waals surface area (Å²) in [7, 11) is 0. The molecule has 4 rings (SSSR count). The first kappa shape index (κ1) is 14.5. The third-order valence-corrected chi connectivity index (χ3v) is 4.91. The van der Waals surface area contributed by atoms with Gasteiger partial charge in [0, 0.05) is 18.7 Å². The van der Waals surface area contributed by atoms with E-state index in [4.69, 9.17) is 11.6 Å². The van der Waals surface area contributed by atoms with Crippen molar-refractivity contribution in [2.45, 2.75) is 19.8 Å². The van der Waals surface area contributed by atoms with Crippen LogP contribution >= 0.6 is 11.6 Å². The molecule has 0 radical (unpaired) electrons. The summed E-state index contributed by atoms with van der Waals surface area (Å²) >= 11 is 6.28. The molecule has 118 valence electrons. The number of benzene rings is 1. The summed E-state index contributed by atoms with van der Waals surface area (Å²) in [6, 6.07) is 7.67. The number of hydrogen-bond acceptors (Lipinski definition) is 4. The summed E-state index contributed by atoms with van der Waals surface area (Å²) in [6.07, 6.45) is 4.28. The van der Waals surface area contributed by atoms with Crippen LogP contribution in [0, 0.1) is 5.92 Å². The van der Waals surface area contributed by atoms with Crippen LogP contribution in [-0.2, 0) is 0 Å². The van der Waals surface area contributed by atoms with Gasteiger partial charge in [-0.2, -0.15) is 5.10 Å². The summed E-state index contributed by atoms with van der Waals surface area (Å²) in [6.45, 7) is 4.34. The van der Waals surface area contributed by atoms with Crippen molar-refractivity contribution in [2.24, 2.45) is 5.92 Å². The number of fused-ring (bicyclic) bond motifs is 1.